The monoisotopic (exact) mass is 469 g/mol. The van der Waals surface area contributed by atoms with Gasteiger partial charge in [0.05, 0.1) is 24.2 Å². The van der Waals surface area contributed by atoms with E-state index >= 15 is 0 Å². The van der Waals surface area contributed by atoms with E-state index in [4.69, 9.17) is 4.74 Å². The van der Waals surface area contributed by atoms with Gasteiger partial charge in [-0.05, 0) is 18.2 Å². The van der Waals surface area contributed by atoms with Gasteiger partial charge in [0.25, 0.3) is 11.5 Å². The molecule has 1 aliphatic rings. The molecule has 1 fully saturated rings. The molecule has 10 nitrogen and oxygen atoms in total. The number of hydrogen-bond donors (Lipinski definition) is 0. The van der Waals surface area contributed by atoms with E-state index in [1.807, 2.05) is 47.3 Å². The Hall–Kier alpha value is -4.31. The number of aromatic nitrogens is 6. The summed E-state index contributed by atoms with van der Waals surface area (Å²) in [7, 11) is 1.60. The van der Waals surface area contributed by atoms with Crippen molar-refractivity contribution in [3.63, 3.8) is 0 Å². The number of hydrogen-bond acceptors (Lipinski definition) is 6. The molecule has 5 aromatic rings. The highest BCUT2D eigenvalue weighted by Crippen LogP contribution is 2.26. The summed E-state index contributed by atoms with van der Waals surface area (Å²) in [6, 6.07) is 17.0. The minimum absolute atomic E-state index is 0.0482. The van der Waals surface area contributed by atoms with Crippen molar-refractivity contribution in [3.05, 3.63) is 83.0 Å². The van der Waals surface area contributed by atoms with Gasteiger partial charge in [-0.15, -0.1) is 5.10 Å². The topological polar surface area (TPSA) is 99.5 Å². The van der Waals surface area contributed by atoms with E-state index < -0.39 is 0 Å². The standard InChI is InChI=1S/C25H23N7O3/c1-35-12-11-30-21(13-19-23(30)26-22-9-5-6-10-31(22)24(19)33)25(34)29-14-18(15-29)32-16-20(27-28-32)17-7-3-2-4-8-17/h2-10,13,16,18H,11-12,14-15H2,1H3. The Morgan fingerprint density at radius 2 is 1.91 bits per heavy atom. The minimum atomic E-state index is -0.201. The third-order valence-electron chi connectivity index (χ3n) is 6.42. The summed E-state index contributed by atoms with van der Waals surface area (Å²) in [6.45, 7) is 1.83. The summed E-state index contributed by atoms with van der Waals surface area (Å²) < 4.78 is 10.3. The highest BCUT2D eigenvalue weighted by molar-refractivity contribution is 5.98. The van der Waals surface area contributed by atoms with Gasteiger partial charge in [0, 0.05) is 38.5 Å². The molecule has 6 rings (SSSR count). The molecule has 1 amide bonds. The molecule has 10 heteroatoms. The Labute approximate surface area is 200 Å². The molecule has 0 saturated carbocycles. The molecule has 0 bridgehead atoms. The van der Waals surface area contributed by atoms with Gasteiger partial charge in [0.2, 0.25) is 0 Å². The molecule has 0 N–H and O–H groups in total. The third-order valence-corrected chi connectivity index (χ3v) is 6.42. The first-order valence-electron chi connectivity index (χ1n) is 11.4. The molecule has 1 aliphatic heterocycles. The molecule has 0 spiro atoms. The Morgan fingerprint density at radius 3 is 2.71 bits per heavy atom. The molecule has 176 valence electrons. The first-order valence-corrected chi connectivity index (χ1v) is 11.4. The lowest BCUT2D eigenvalue weighted by atomic mass is 10.1. The van der Waals surface area contributed by atoms with E-state index in [1.54, 1.807) is 41.0 Å². The largest absolute Gasteiger partial charge is 0.383 e. The lowest BCUT2D eigenvalue weighted by molar-refractivity contribution is 0.0486. The highest BCUT2D eigenvalue weighted by Gasteiger charge is 2.35. The number of ether oxygens (including phenoxy) is 1. The first-order chi connectivity index (χ1) is 17.1. The van der Waals surface area contributed by atoms with Crippen LogP contribution in [-0.2, 0) is 11.3 Å². The number of carbonyl (C=O) groups is 1. The third kappa shape index (κ3) is 3.58. The molecule has 1 saturated heterocycles. The van der Waals surface area contributed by atoms with Gasteiger partial charge in [0.1, 0.15) is 22.7 Å². The van der Waals surface area contributed by atoms with Gasteiger partial charge in [-0.3, -0.25) is 14.0 Å². The zero-order valence-corrected chi connectivity index (χ0v) is 19.1. The smallest absolute Gasteiger partial charge is 0.270 e. The maximum absolute atomic E-state index is 13.5. The number of pyridine rings is 1. The van der Waals surface area contributed by atoms with Crippen molar-refractivity contribution in [2.75, 3.05) is 26.8 Å². The zero-order valence-electron chi connectivity index (χ0n) is 19.1. The van der Waals surface area contributed by atoms with Crippen LogP contribution in [0.4, 0.5) is 0 Å². The fourth-order valence-corrected chi connectivity index (χ4v) is 4.48. The molecule has 5 heterocycles. The summed E-state index contributed by atoms with van der Waals surface area (Å²) in [5.41, 5.74) is 3.05. The summed E-state index contributed by atoms with van der Waals surface area (Å²) >= 11 is 0. The summed E-state index contributed by atoms with van der Waals surface area (Å²) in [6.07, 6.45) is 3.59. The van der Waals surface area contributed by atoms with Gasteiger partial charge in [-0.1, -0.05) is 41.6 Å². The molecule has 0 aliphatic carbocycles. The van der Waals surface area contributed by atoms with Gasteiger partial charge < -0.3 is 14.2 Å². The van der Waals surface area contributed by atoms with Crippen LogP contribution >= 0.6 is 0 Å². The van der Waals surface area contributed by atoms with Crippen molar-refractivity contribution in [1.29, 1.82) is 0 Å². The van der Waals surface area contributed by atoms with E-state index in [1.165, 1.54) is 4.40 Å². The molecule has 35 heavy (non-hydrogen) atoms. The van der Waals surface area contributed by atoms with Crippen molar-refractivity contribution >= 4 is 22.6 Å². The fourth-order valence-electron chi connectivity index (χ4n) is 4.48. The van der Waals surface area contributed by atoms with Crippen LogP contribution in [0.25, 0.3) is 27.9 Å². The number of fused-ring (bicyclic) bond motifs is 2. The van der Waals surface area contributed by atoms with Gasteiger partial charge in [-0.2, -0.15) is 0 Å². The quantitative estimate of drug-likeness (QED) is 0.378. The predicted octanol–water partition coefficient (Wildman–Crippen LogP) is 2.25. The van der Waals surface area contributed by atoms with Crippen LogP contribution in [0.5, 0.6) is 0 Å². The maximum Gasteiger partial charge on any atom is 0.270 e. The Morgan fingerprint density at radius 1 is 1.11 bits per heavy atom. The maximum atomic E-state index is 13.5. The van der Waals surface area contributed by atoms with Crippen LogP contribution in [0, 0.1) is 0 Å². The van der Waals surface area contributed by atoms with Crippen LogP contribution in [0.2, 0.25) is 0 Å². The number of rotatable bonds is 6. The second-order valence-electron chi connectivity index (χ2n) is 8.57. The summed E-state index contributed by atoms with van der Waals surface area (Å²) in [5, 5.41) is 8.96. The molecule has 0 radical (unpaired) electrons. The summed E-state index contributed by atoms with van der Waals surface area (Å²) in [5.74, 6) is -0.146. The normalized spacial score (nSPS) is 14.0. The van der Waals surface area contributed by atoms with E-state index in [2.05, 4.69) is 15.3 Å². The number of methoxy groups -OCH3 is 1. The molecular formula is C25H23N7O3. The van der Waals surface area contributed by atoms with Crippen molar-refractivity contribution in [1.82, 2.24) is 33.8 Å². The molecule has 0 unspecified atom stereocenters. The summed E-state index contributed by atoms with van der Waals surface area (Å²) in [4.78, 5) is 33.0. The lowest BCUT2D eigenvalue weighted by Crippen LogP contribution is -2.51. The van der Waals surface area contributed by atoms with Gasteiger partial charge in [0.15, 0.2) is 0 Å². The van der Waals surface area contributed by atoms with Crippen LogP contribution in [0.3, 0.4) is 0 Å². The van der Waals surface area contributed by atoms with E-state index in [9.17, 15) is 9.59 Å². The van der Waals surface area contributed by atoms with E-state index in [-0.39, 0.29) is 17.5 Å². The van der Waals surface area contributed by atoms with Gasteiger partial charge >= 0.3 is 0 Å². The number of carbonyl (C=O) groups excluding carboxylic acids is 1. The van der Waals surface area contributed by atoms with Crippen LogP contribution in [-0.4, -0.2) is 66.6 Å². The Bertz CT molecular complexity index is 1600. The van der Waals surface area contributed by atoms with E-state index in [0.29, 0.717) is 48.6 Å². The zero-order chi connectivity index (χ0) is 23.9. The minimum Gasteiger partial charge on any atom is -0.383 e. The molecule has 0 atom stereocenters. The Balaban J connectivity index is 1.28. The average Bonchev–Trinajstić information content (AvgIpc) is 3.48. The number of amides is 1. The number of nitrogens with zero attached hydrogens (tertiary/aromatic N) is 7. The second-order valence-corrected chi connectivity index (χ2v) is 8.57. The lowest BCUT2D eigenvalue weighted by Gasteiger charge is -2.38. The predicted molar refractivity (Wildman–Crippen MR) is 129 cm³/mol. The average molecular weight is 470 g/mol. The van der Waals surface area contributed by atoms with Crippen LogP contribution in [0.1, 0.15) is 16.5 Å². The SMILES string of the molecule is COCCn1c(C(=O)N2CC(n3cc(-c4ccccc4)nn3)C2)cc2c(=O)n3ccccc3nc21. The molecule has 1 aromatic carbocycles. The first kappa shape index (κ1) is 21.2. The van der Waals surface area contributed by atoms with Crippen molar-refractivity contribution < 1.29 is 9.53 Å². The Kier molecular flexibility index (Phi) is 5.14. The van der Waals surface area contributed by atoms with Crippen molar-refractivity contribution in [2.45, 2.75) is 12.6 Å². The van der Waals surface area contributed by atoms with Crippen molar-refractivity contribution in [3.8, 4) is 11.3 Å². The number of likely N-dealkylation sites (tertiary alicyclic amines) is 1. The molecular weight excluding hydrogens is 446 g/mol. The molecule has 4 aromatic heterocycles. The van der Waals surface area contributed by atoms with Crippen LogP contribution in [0.15, 0.2) is 71.8 Å². The highest BCUT2D eigenvalue weighted by atomic mass is 16.5. The van der Waals surface area contributed by atoms with Gasteiger partial charge in [-0.25, -0.2) is 9.67 Å². The van der Waals surface area contributed by atoms with Crippen LogP contribution < -0.4 is 5.56 Å². The number of benzene rings is 1. The fraction of sp³-hybridized carbons (Fsp3) is 0.240. The van der Waals surface area contributed by atoms with E-state index in [0.717, 1.165) is 11.3 Å². The second kappa shape index (κ2) is 8.48. The van der Waals surface area contributed by atoms with Crippen molar-refractivity contribution in [2.24, 2.45) is 0 Å².